The average Bonchev–Trinajstić information content (AvgIpc) is 2.10. The van der Waals surface area contributed by atoms with Crippen LogP contribution in [-0.2, 0) is 4.79 Å². The Bertz CT molecular complexity index is 194. The number of hydrogen-bond donors (Lipinski definition) is 1. The summed E-state index contributed by atoms with van der Waals surface area (Å²) in [7, 11) is 0. The second kappa shape index (κ2) is 2.08. The van der Waals surface area contributed by atoms with Crippen LogP contribution in [0.2, 0.25) is 0 Å². The van der Waals surface area contributed by atoms with E-state index in [1.165, 1.54) is 0 Å². The SMILES string of the molecule is CC(=O)C1=NNC(C)(C)C1. The predicted molar refractivity (Wildman–Crippen MR) is 39.9 cm³/mol. The predicted octanol–water partition coefficient (Wildman–Crippen LogP) is 0.703. The van der Waals surface area contributed by atoms with Gasteiger partial charge < -0.3 is 5.43 Å². The molecule has 0 aromatic carbocycles. The fraction of sp³-hybridized carbons (Fsp3) is 0.714. The quantitative estimate of drug-likeness (QED) is 0.582. The highest BCUT2D eigenvalue weighted by molar-refractivity contribution is 6.39. The van der Waals surface area contributed by atoms with Crippen molar-refractivity contribution in [1.29, 1.82) is 0 Å². The first-order valence-corrected chi connectivity index (χ1v) is 3.36. The fourth-order valence-electron chi connectivity index (χ4n) is 0.920. The van der Waals surface area contributed by atoms with Gasteiger partial charge in [-0.2, -0.15) is 5.10 Å². The number of carbonyl (C=O) groups excluding carboxylic acids is 1. The molecule has 1 aliphatic rings. The van der Waals surface area contributed by atoms with E-state index in [0.717, 1.165) is 6.42 Å². The van der Waals surface area contributed by atoms with E-state index < -0.39 is 0 Å². The molecule has 10 heavy (non-hydrogen) atoms. The van der Waals surface area contributed by atoms with E-state index in [9.17, 15) is 4.79 Å². The highest BCUT2D eigenvalue weighted by Gasteiger charge is 2.27. The molecule has 56 valence electrons. The first kappa shape index (κ1) is 7.25. The molecule has 0 spiro atoms. The van der Waals surface area contributed by atoms with E-state index in [-0.39, 0.29) is 11.3 Å². The van der Waals surface area contributed by atoms with Gasteiger partial charge in [0, 0.05) is 13.3 Å². The molecule has 1 aliphatic heterocycles. The molecular weight excluding hydrogens is 128 g/mol. The van der Waals surface area contributed by atoms with Gasteiger partial charge >= 0.3 is 0 Å². The Hall–Kier alpha value is -0.860. The number of nitrogens with one attached hydrogen (secondary N) is 1. The Morgan fingerprint density at radius 3 is 2.50 bits per heavy atom. The van der Waals surface area contributed by atoms with Crippen LogP contribution in [0.15, 0.2) is 5.10 Å². The van der Waals surface area contributed by atoms with Crippen molar-refractivity contribution < 1.29 is 4.79 Å². The zero-order chi connectivity index (χ0) is 7.78. The Labute approximate surface area is 60.5 Å². The number of nitrogens with zero attached hydrogens (tertiary/aromatic N) is 1. The van der Waals surface area contributed by atoms with Gasteiger partial charge in [-0.05, 0) is 13.8 Å². The molecular formula is C7H12N2O. The van der Waals surface area contributed by atoms with Crippen molar-refractivity contribution in [2.45, 2.75) is 32.7 Å². The monoisotopic (exact) mass is 140 g/mol. The maximum Gasteiger partial charge on any atom is 0.175 e. The average molecular weight is 140 g/mol. The Morgan fingerprint density at radius 2 is 2.30 bits per heavy atom. The fourth-order valence-corrected chi connectivity index (χ4v) is 0.920. The smallest absolute Gasteiger partial charge is 0.175 e. The molecule has 0 saturated heterocycles. The second-order valence-electron chi connectivity index (χ2n) is 3.29. The number of hydrazone groups is 1. The summed E-state index contributed by atoms with van der Waals surface area (Å²) < 4.78 is 0. The number of hydrogen-bond acceptors (Lipinski definition) is 3. The molecule has 3 nitrogen and oxygen atoms in total. The van der Waals surface area contributed by atoms with Crippen LogP contribution in [0.5, 0.6) is 0 Å². The molecule has 1 rings (SSSR count). The molecule has 1 N–H and O–H groups in total. The summed E-state index contributed by atoms with van der Waals surface area (Å²) in [6.45, 7) is 5.58. The van der Waals surface area contributed by atoms with Crippen molar-refractivity contribution >= 4 is 11.5 Å². The molecule has 0 aromatic heterocycles. The number of ketones is 1. The largest absolute Gasteiger partial charge is 0.304 e. The third kappa shape index (κ3) is 1.35. The van der Waals surface area contributed by atoms with Gasteiger partial charge in [-0.3, -0.25) is 4.79 Å². The van der Waals surface area contributed by atoms with Gasteiger partial charge in [0.2, 0.25) is 0 Å². The minimum absolute atomic E-state index is 0.0268. The highest BCUT2D eigenvalue weighted by atomic mass is 16.1. The van der Waals surface area contributed by atoms with E-state index in [2.05, 4.69) is 10.5 Å². The first-order valence-electron chi connectivity index (χ1n) is 3.36. The molecule has 0 unspecified atom stereocenters. The van der Waals surface area contributed by atoms with Crippen LogP contribution in [0.25, 0.3) is 0 Å². The molecule has 0 aliphatic carbocycles. The van der Waals surface area contributed by atoms with Crippen LogP contribution in [0.3, 0.4) is 0 Å². The first-order chi connectivity index (χ1) is 4.51. The van der Waals surface area contributed by atoms with E-state index in [0.29, 0.717) is 5.71 Å². The van der Waals surface area contributed by atoms with Gasteiger partial charge in [0.1, 0.15) is 5.71 Å². The van der Waals surface area contributed by atoms with Crippen LogP contribution in [0.1, 0.15) is 27.2 Å². The van der Waals surface area contributed by atoms with Gasteiger partial charge in [0.05, 0.1) is 5.54 Å². The lowest BCUT2D eigenvalue weighted by molar-refractivity contribution is -0.111. The maximum absolute atomic E-state index is 10.8. The van der Waals surface area contributed by atoms with Crippen molar-refractivity contribution in [2.75, 3.05) is 0 Å². The Balaban J connectivity index is 2.64. The van der Waals surface area contributed by atoms with Gasteiger partial charge in [0.15, 0.2) is 5.78 Å². The molecule has 1 heterocycles. The molecule has 0 bridgehead atoms. The summed E-state index contributed by atoms with van der Waals surface area (Å²) in [4.78, 5) is 10.8. The van der Waals surface area contributed by atoms with Gasteiger partial charge in [-0.25, -0.2) is 0 Å². The Kier molecular flexibility index (Phi) is 1.50. The minimum Gasteiger partial charge on any atom is -0.304 e. The number of carbonyl (C=O) groups is 1. The van der Waals surface area contributed by atoms with E-state index in [1.54, 1.807) is 6.92 Å². The number of Topliss-reactive ketones (excluding diaryl/α,β-unsaturated/α-hetero) is 1. The van der Waals surface area contributed by atoms with Gasteiger partial charge in [-0.15, -0.1) is 0 Å². The molecule has 0 fully saturated rings. The highest BCUT2D eigenvalue weighted by Crippen LogP contribution is 2.15. The third-order valence-electron chi connectivity index (χ3n) is 1.51. The minimum atomic E-state index is -0.0268. The molecule has 0 aromatic rings. The topological polar surface area (TPSA) is 41.5 Å². The zero-order valence-corrected chi connectivity index (χ0v) is 6.56. The zero-order valence-electron chi connectivity index (χ0n) is 6.56. The van der Waals surface area contributed by atoms with Crippen molar-refractivity contribution in [3.8, 4) is 0 Å². The summed E-state index contributed by atoms with van der Waals surface area (Å²) in [5.74, 6) is 0.0677. The van der Waals surface area contributed by atoms with E-state index in [1.807, 2.05) is 13.8 Å². The van der Waals surface area contributed by atoms with Crippen molar-refractivity contribution in [3.05, 3.63) is 0 Å². The normalized spacial score (nSPS) is 21.7. The molecule has 0 saturated carbocycles. The van der Waals surface area contributed by atoms with Crippen LogP contribution in [-0.4, -0.2) is 17.0 Å². The lowest BCUT2D eigenvalue weighted by Gasteiger charge is -2.15. The third-order valence-corrected chi connectivity index (χ3v) is 1.51. The molecule has 0 amide bonds. The lowest BCUT2D eigenvalue weighted by atomic mass is 9.99. The standard InChI is InChI=1S/C7H12N2O/c1-5(10)6-4-7(2,3)9-8-6/h9H,4H2,1-3H3. The van der Waals surface area contributed by atoms with E-state index >= 15 is 0 Å². The summed E-state index contributed by atoms with van der Waals surface area (Å²) in [6.07, 6.45) is 0.738. The molecule has 3 heteroatoms. The second-order valence-corrected chi connectivity index (χ2v) is 3.29. The number of rotatable bonds is 1. The van der Waals surface area contributed by atoms with Crippen molar-refractivity contribution in [3.63, 3.8) is 0 Å². The summed E-state index contributed by atoms with van der Waals surface area (Å²) in [5, 5.41) is 3.91. The van der Waals surface area contributed by atoms with Crippen LogP contribution in [0, 0.1) is 0 Å². The maximum atomic E-state index is 10.8. The van der Waals surface area contributed by atoms with Crippen molar-refractivity contribution in [1.82, 2.24) is 5.43 Å². The Morgan fingerprint density at radius 1 is 1.70 bits per heavy atom. The van der Waals surface area contributed by atoms with Crippen molar-refractivity contribution in [2.24, 2.45) is 5.10 Å². The van der Waals surface area contributed by atoms with Crippen LogP contribution >= 0.6 is 0 Å². The summed E-state index contributed by atoms with van der Waals surface area (Å²) in [6, 6.07) is 0. The molecule has 0 atom stereocenters. The van der Waals surface area contributed by atoms with Gasteiger partial charge in [-0.1, -0.05) is 0 Å². The summed E-state index contributed by atoms with van der Waals surface area (Å²) >= 11 is 0. The van der Waals surface area contributed by atoms with Gasteiger partial charge in [0.25, 0.3) is 0 Å². The van der Waals surface area contributed by atoms with Crippen LogP contribution < -0.4 is 5.43 Å². The van der Waals surface area contributed by atoms with E-state index in [4.69, 9.17) is 0 Å². The summed E-state index contributed by atoms with van der Waals surface area (Å²) in [5.41, 5.74) is 3.53. The van der Waals surface area contributed by atoms with Crippen LogP contribution in [0.4, 0.5) is 0 Å². The molecule has 0 radical (unpaired) electrons. The lowest BCUT2D eigenvalue weighted by Crippen LogP contribution is -2.31.